The second kappa shape index (κ2) is 9.90. The van der Waals surface area contributed by atoms with E-state index >= 15 is 0 Å². The molecule has 0 saturated heterocycles. The second-order valence-corrected chi connectivity index (χ2v) is 9.01. The Morgan fingerprint density at radius 1 is 0.194 bits per heavy atom. The van der Waals surface area contributed by atoms with Crippen molar-refractivity contribution in [3.8, 4) is 55.6 Å². The molecule has 6 aromatic rings. The molecule has 0 N–H and O–H groups in total. The monoisotopic (exact) mass is 458 g/mol. The molecule has 0 heteroatoms. The third kappa shape index (κ3) is 4.50. The molecule has 0 spiro atoms. The Hall–Kier alpha value is -4.68. The first-order valence-electron chi connectivity index (χ1n) is 12.4. The van der Waals surface area contributed by atoms with E-state index < -0.39 is 0 Å². The molecule has 0 aliphatic carbocycles. The Bertz CT molecular complexity index is 1560. The zero-order valence-electron chi connectivity index (χ0n) is 20.0. The Morgan fingerprint density at radius 2 is 0.500 bits per heavy atom. The van der Waals surface area contributed by atoms with Crippen molar-refractivity contribution in [2.45, 2.75) is 0 Å². The summed E-state index contributed by atoms with van der Waals surface area (Å²) in [5.74, 6) is 0. The van der Waals surface area contributed by atoms with Crippen molar-refractivity contribution in [3.05, 3.63) is 158 Å². The zero-order valence-corrected chi connectivity index (χ0v) is 20.0. The Morgan fingerprint density at radius 3 is 0.944 bits per heavy atom. The van der Waals surface area contributed by atoms with Crippen LogP contribution < -0.4 is 0 Å². The van der Waals surface area contributed by atoms with Crippen molar-refractivity contribution in [1.82, 2.24) is 0 Å². The second-order valence-electron chi connectivity index (χ2n) is 9.01. The van der Waals surface area contributed by atoms with Crippen molar-refractivity contribution in [2.75, 3.05) is 0 Å². The van der Waals surface area contributed by atoms with Gasteiger partial charge in [0.05, 0.1) is 0 Å². The van der Waals surface area contributed by atoms with Crippen molar-refractivity contribution >= 4 is 0 Å². The molecule has 6 rings (SSSR count). The largest absolute Gasteiger partial charge is 0.0622 e. The van der Waals surface area contributed by atoms with Gasteiger partial charge in [-0.15, -0.1) is 0 Å². The standard InChI is InChI=1S/C36H26/c1-4-10-27(11-5-1)30-16-20-32(21-17-30)35-25-24-34(29-14-8-3-9-15-29)26-36(35)33-22-18-31(19-23-33)28-12-6-2-7-13-28/h1-26H. The van der Waals surface area contributed by atoms with Crippen LogP contribution in [0.3, 0.4) is 0 Å². The summed E-state index contributed by atoms with van der Waals surface area (Å²) >= 11 is 0. The molecule has 0 nitrogen and oxygen atoms in total. The van der Waals surface area contributed by atoms with Gasteiger partial charge in [-0.2, -0.15) is 0 Å². The average molecular weight is 459 g/mol. The Kier molecular flexibility index (Phi) is 6.00. The molecule has 0 bridgehead atoms. The minimum atomic E-state index is 1.22. The highest BCUT2D eigenvalue weighted by Gasteiger charge is 2.11. The van der Waals surface area contributed by atoms with Crippen LogP contribution in [-0.2, 0) is 0 Å². The minimum absolute atomic E-state index is 1.22. The third-order valence-electron chi connectivity index (χ3n) is 6.73. The maximum atomic E-state index is 2.33. The Balaban J connectivity index is 1.43. The molecule has 0 aliphatic rings. The molecule has 0 aromatic heterocycles. The van der Waals surface area contributed by atoms with Crippen LogP contribution in [0, 0.1) is 0 Å². The molecule has 0 saturated carbocycles. The lowest BCUT2D eigenvalue weighted by molar-refractivity contribution is 1.55. The van der Waals surface area contributed by atoms with E-state index in [1.54, 1.807) is 0 Å². The molecular formula is C36H26. The first-order valence-corrected chi connectivity index (χ1v) is 12.4. The van der Waals surface area contributed by atoms with Gasteiger partial charge in [0, 0.05) is 0 Å². The smallest absolute Gasteiger partial charge is 0.00992 e. The lowest BCUT2D eigenvalue weighted by Gasteiger charge is -2.14. The van der Waals surface area contributed by atoms with Gasteiger partial charge >= 0.3 is 0 Å². The molecular weight excluding hydrogens is 432 g/mol. The molecule has 0 heterocycles. The quantitative estimate of drug-likeness (QED) is 0.241. The van der Waals surface area contributed by atoms with Gasteiger partial charge in [0.15, 0.2) is 0 Å². The van der Waals surface area contributed by atoms with Gasteiger partial charge in [0.25, 0.3) is 0 Å². The number of hydrogen-bond donors (Lipinski definition) is 0. The van der Waals surface area contributed by atoms with Crippen LogP contribution >= 0.6 is 0 Å². The zero-order chi connectivity index (χ0) is 24.2. The first-order chi connectivity index (χ1) is 17.8. The van der Waals surface area contributed by atoms with E-state index in [9.17, 15) is 0 Å². The van der Waals surface area contributed by atoms with E-state index in [1.165, 1.54) is 55.6 Å². The van der Waals surface area contributed by atoms with Gasteiger partial charge in [-0.05, 0) is 61.7 Å². The first kappa shape index (κ1) is 21.8. The maximum absolute atomic E-state index is 2.33. The van der Waals surface area contributed by atoms with E-state index in [-0.39, 0.29) is 0 Å². The molecule has 0 unspecified atom stereocenters. The predicted octanol–water partition coefficient (Wildman–Crippen LogP) is 10.0. The lowest BCUT2D eigenvalue weighted by Crippen LogP contribution is -1.89. The lowest BCUT2D eigenvalue weighted by atomic mass is 9.90. The van der Waals surface area contributed by atoms with Crippen LogP contribution in [0.5, 0.6) is 0 Å². The van der Waals surface area contributed by atoms with E-state index in [4.69, 9.17) is 0 Å². The average Bonchev–Trinajstić information content (AvgIpc) is 2.98. The molecule has 0 radical (unpaired) electrons. The van der Waals surface area contributed by atoms with Gasteiger partial charge in [-0.3, -0.25) is 0 Å². The molecule has 0 fully saturated rings. The maximum Gasteiger partial charge on any atom is -0.00992 e. The number of rotatable bonds is 5. The summed E-state index contributed by atoms with van der Waals surface area (Å²) in [6.07, 6.45) is 0. The highest BCUT2D eigenvalue weighted by atomic mass is 14.1. The fraction of sp³-hybridized carbons (Fsp3) is 0. The van der Waals surface area contributed by atoms with Crippen molar-refractivity contribution in [2.24, 2.45) is 0 Å². The van der Waals surface area contributed by atoms with Gasteiger partial charge in [0.2, 0.25) is 0 Å². The van der Waals surface area contributed by atoms with Crippen LogP contribution in [0.4, 0.5) is 0 Å². The summed E-state index contributed by atoms with van der Waals surface area (Å²) in [4.78, 5) is 0. The normalized spacial score (nSPS) is 10.8. The van der Waals surface area contributed by atoms with Crippen LogP contribution in [0.2, 0.25) is 0 Å². The number of benzene rings is 6. The fourth-order valence-electron chi connectivity index (χ4n) is 4.79. The third-order valence-corrected chi connectivity index (χ3v) is 6.73. The van der Waals surface area contributed by atoms with E-state index in [1.807, 2.05) is 0 Å². The van der Waals surface area contributed by atoms with Gasteiger partial charge in [-0.1, -0.05) is 152 Å². The van der Waals surface area contributed by atoms with Gasteiger partial charge in [0.1, 0.15) is 0 Å². The minimum Gasteiger partial charge on any atom is -0.0622 e. The van der Waals surface area contributed by atoms with Gasteiger partial charge < -0.3 is 0 Å². The van der Waals surface area contributed by atoms with Crippen molar-refractivity contribution in [3.63, 3.8) is 0 Å². The van der Waals surface area contributed by atoms with Crippen LogP contribution in [-0.4, -0.2) is 0 Å². The molecule has 0 amide bonds. The highest BCUT2D eigenvalue weighted by molar-refractivity contribution is 5.88. The summed E-state index contributed by atoms with van der Waals surface area (Å²) < 4.78 is 0. The SMILES string of the molecule is c1ccc(-c2ccc(-c3ccc(-c4ccccc4)cc3-c3ccc(-c4ccccc4)cc3)cc2)cc1. The van der Waals surface area contributed by atoms with E-state index in [0.717, 1.165) is 0 Å². The van der Waals surface area contributed by atoms with Crippen LogP contribution in [0.15, 0.2) is 158 Å². The van der Waals surface area contributed by atoms with E-state index in [2.05, 4.69) is 158 Å². The van der Waals surface area contributed by atoms with Gasteiger partial charge in [-0.25, -0.2) is 0 Å². The highest BCUT2D eigenvalue weighted by Crippen LogP contribution is 2.37. The van der Waals surface area contributed by atoms with Crippen molar-refractivity contribution < 1.29 is 0 Å². The Labute approximate surface area is 213 Å². The topological polar surface area (TPSA) is 0 Å². The van der Waals surface area contributed by atoms with Crippen molar-refractivity contribution in [1.29, 1.82) is 0 Å². The number of hydrogen-bond acceptors (Lipinski definition) is 0. The summed E-state index contributed by atoms with van der Waals surface area (Å²) in [7, 11) is 0. The summed E-state index contributed by atoms with van der Waals surface area (Å²) in [6.45, 7) is 0. The molecule has 0 atom stereocenters. The molecule has 0 aliphatic heterocycles. The molecule has 36 heavy (non-hydrogen) atoms. The van der Waals surface area contributed by atoms with E-state index in [0.29, 0.717) is 0 Å². The predicted molar refractivity (Wildman–Crippen MR) is 154 cm³/mol. The molecule has 170 valence electrons. The van der Waals surface area contributed by atoms with Crippen LogP contribution in [0.1, 0.15) is 0 Å². The summed E-state index contributed by atoms with van der Waals surface area (Å²) in [5, 5.41) is 0. The molecule has 6 aromatic carbocycles. The summed E-state index contributed by atoms with van der Waals surface area (Å²) in [6, 6.07) is 56.4. The summed E-state index contributed by atoms with van der Waals surface area (Å²) in [5.41, 5.74) is 12.3. The fourth-order valence-corrected chi connectivity index (χ4v) is 4.79. The van der Waals surface area contributed by atoms with Crippen LogP contribution in [0.25, 0.3) is 55.6 Å².